The first kappa shape index (κ1) is 21.2. The number of piperazine rings is 1. The third-order valence-electron chi connectivity index (χ3n) is 4.37. The molecular formula is C18H32IN5. The first-order chi connectivity index (χ1) is 11.2. The lowest BCUT2D eigenvalue weighted by molar-refractivity contribution is 0.152. The molecule has 1 aliphatic heterocycles. The van der Waals surface area contributed by atoms with E-state index in [4.69, 9.17) is 5.73 Å². The molecule has 0 aromatic heterocycles. The van der Waals surface area contributed by atoms with Crippen molar-refractivity contribution in [2.45, 2.75) is 26.2 Å². The van der Waals surface area contributed by atoms with E-state index >= 15 is 0 Å². The lowest BCUT2D eigenvalue weighted by atomic mass is 10.1. The number of hydrogen-bond acceptors (Lipinski definition) is 3. The third kappa shape index (κ3) is 7.81. The summed E-state index contributed by atoms with van der Waals surface area (Å²) in [6.07, 6.45) is 3.30. The van der Waals surface area contributed by atoms with Crippen LogP contribution in [0.3, 0.4) is 0 Å². The molecule has 5 nitrogen and oxygen atoms in total. The number of anilines is 1. The lowest BCUT2D eigenvalue weighted by Crippen LogP contribution is -2.44. The van der Waals surface area contributed by atoms with Crippen LogP contribution in [0.1, 0.15) is 25.3 Å². The van der Waals surface area contributed by atoms with Crippen LogP contribution in [-0.4, -0.2) is 62.1 Å². The second-order valence-corrected chi connectivity index (χ2v) is 6.30. The fourth-order valence-electron chi connectivity index (χ4n) is 2.77. The number of aryl methyl sites for hydroxylation is 1. The standard InChI is InChI=1S/C18H31N5.HI/c1-3-16-7-6-8-17(15-16)21-18(19)20-9-4-5-10-23-13-11-22(2)12-14-23;/h6-8,15H,3-5,9-14H2,1-2H3,(H3,19,20,21);1H. The number of nitrogens with one attached hydrogen (secondary N) is 1. The van der Waals surface area contributed by atoms with Crippen molar-refractivity contribution in [3.8, 4) is 0 Å². The predicted molar refractivity (Wildman–Crippen MR) is 115 cm³/mol. The van der Waals surface area contributed by atoms with E-state index in [-0.39, 0.29) is 24.0 Å². The van der Waals surface area contributed by atoms with Gasteiger partial charge in [-0.05, 0) is 50.6 Å². The average molecular weight is 445 g/mol. The molecule has 1 aromatic carbocycles. The van der Waals surface area contributed by atoms with Crippen LogP contribution in [0.25, 0.3) is 0 Å². The molecule has 1 aliphatic rings. The molecule has 136 valence electrons. The summed E-state index contributed by atoms with van der Waals surface area (Å²) in [5.74, 6) is 0.512. The van der Waals surface area contributed by atoms with Gasteiger partial charge in [0.1, 0.15) is 0 Å². The predicted octanol–water partition coefficient (Wildman–Crippen LogP) is 2.62. The minimum atomic E-state index is 0. The van der Waals surface area contributed by atoms with Crippen molar-refractivity contribution in [2.75, 3.05) is 51.6 Å². The highest BCUT2D eigenvalue weighted by Gasteiger charge is 2.12. The van der Waals surface area contributed by atoms with Gasteiger partial charge in [-0.3, -0.25) is 4.99 Å². The van der Waals surface area contributed by atoms with Gasteiger partial charge in [0.05, 0.1) is 0 Å². The molecule has 0 amide bonds. The highest BCUT2D eigenvalue weighted by molar-refractivity contribution is 14.0. The van der Waals surface area contributed by atoms with Crippen LogP contribution in [-0.2, 0) is 6.42 Å². The van der Waals surface area contributed by atoms with Gasteiger partial charge in [0.15, 0.2) is 5.96 Å². The summed E-state index contributed by atoms with van der Waals surface area (Å²) < 4.78 is 0. The summed E-state index contributed by atoms with van der Waals surface area (Å²) in [4.78, 5) is 9.36. The van der Waals surface area contributed by atoms with Crippen LogP contribution in [0.4, 0.5) is 5.69 Å². The van der Waals surface area contributed by atoms with Crippen molar-refractivity contribution >= 4 is 35.6 Å². The van der Waals surface area contributed by atoms with E-state index in [0.29, 0.717) is 5.96 Å². The zero-order chi connectivity index (χ0) is 16.5. The van der Waals surface area contributed by atoms with Crippen LogP contribution in [0, 0.1) is 0 Å². The summed E-state index contributed by atoms with van der Waals surface area (Å²) in [6.45, 7) is 8.87. The maximum atomic E-state index is 5.96. The molecule has 0 saturated carbocycles. The van der Waals surface area contributed by atoms with E-state index in [2.05, 4.69) is 46.2 Å². The molecule has 3 N–H and O–H groups in total. The van der Waals surface area contributed by atoms with E-state index in [0.717, 1.165) is 25.1 Å². The number of unbranched alkanes of at least 4 members (excludes halogenated alkanes) is 1. The second-order valence-electron chi connectivity index (χ2n) is 6.30. The van der Waals surface area contributed by atoms with Crippen molar-refractivity contribution < 1.29 is 0 Å². The smallest absolute Gasteiger partial charge is 0.193 e. The maximum absolute atomic E-state index is 5.96. The lowest BCUT2D eigenvalue weighted by Gasteiger charge is -2.32. The number of benzene rings is 1. The van der Waals surface area contributed by atoms with Gasteiger partial charge in [0, 0.05) is 38.4 Å². The molecule has 0 atom stereocenters. The number of rotatable bonds is 7. The van der Waals surface area contributed by atoms with Crippen molar-refractivity contribution in [1.82, 2.24) is 9.80 Å². The van der Waals surface area contributed by atoms with E-state index in [1.807, 2.05) is 12.1 Å². The minimum absolute atomic E-state index is 0. The van der Waals surface area contributed by atoms with Crippen LogP contribution >= 0.6 is 24.0 Å². The van der Waals surface area contributed by atoms with Crippen LogP contribution in [0.5, 0.6) is 0 Å². The van der Waals surface area contributed by atoms with Gasteiger partial charge >= 0.3 is 0 Å². The SMILES string of the molecule is CCc1cccc(NC(N)=NCCCCN2CCN(C)CC2)c1.I. The number of aliphatic imine (C=N–C) groups is 1. The van der Waals surface area contributed by atoms with Crippen molar-refractivity contribution in [3.05, 3.63) is 29.8 Å². The van der Waals surface area contributed by atoms with Crippen molar-refractivity contribution in [2.24, 2.45) is 10.7 Å². The zero-order valence-corrected chi connectivity index (χ0v) is 17.3. The first-order valence-corrected chi connectivity index (χ1v) is 8.74. The molecule has 24 heavy (non-hydrogen) atoms. The van der Waals surface area contributed by atoms with E-state index < -0.39 is 0 Å². The number of halogens is 1. The van der Waals surface area contributed by atoms with Gasteiger partial charge < -0.3 is 20.9 Å². The Morgan fingerprint density at radius 3 is 2.67 bits per heavy atom. The fourth-order valence-corrected chi connectivity index (χ4v) is 2.77. The Labute approximate surface area is 163 Å². The minimum Gasteiger partial charge on any atom is -0.370 e. The summed E-state index contributed by atoms with van der Waals surface area (Å²) in [5, 5.41) is 3.17. The normalized spacial score (nSPS) is 16.7. The molecule has 0 radical (unpaired) electrons. The van der Waals surface area contributed by atoms with Crippen molar-refractivity contribution in [1.29, 1.82) is 0 Å². The molecule has 1 aromatic rings. The topological polar surface area (TPSA) is 56.9 Å². The molecule has 0 unspecified atom stereocenters. The molecule has 2 rings (SSSR count). The van der Waals surface area contributed by atoms with Crippen LogP contribution in [0.15, 0.2) is 29.3 Å². The Morgan fingerprint density at radius 1 is 1.21 bits per heavy atom. The Bertz CT molecular complexity index is 498. The molecular weight excluding hydrogens is 413 g/mol. The number of likely N-dealkylation sites (N-methyl/N-ethyl adjacent to an activating group) is 1. The molecule has 0 aliphatic carbocycles. The molecule has 1 saturated heterocycles. The summed E-state index contributed by atoms with van der Waals surface area (Å²) in [5.41, 5.74) is 8.28. The summed E-state index contributed by atoms with van der Waals surface area (Å²) in [7, 11) is 2.19. The third-order valence-corrected chi connectivity index (χ3v) is 4.37. The molecule has 1 fully saturated rings. The Hall–Kier alpha value is -0.860. The molecule has 0 bridgehead atoms. The Kier molecular flexibility index (Phi) is 10.3. The first-order valence-electron chi connectivity index (χ1n) is 8.74. The van der Waals surface area contributed by atoms with E-state index in [1.54, 1.807) is 0 Å². The highest BCUT2D eigenvalue weighted by atomic mass is 127. The zero-order valence-electron chi connectivity index (χ0n) is 15.0. The summed E-state index contributed by atoms with van der Waals surface area (Å²) in [6, 6.07) is 8.31. The van der Waals surface area contributed by atoms with E-state index in [9.17, 15) is 0 Å². The Morgan fingerprint density at radius 2 is 1.96 bits per heavy atom. The van der Waals surface area contributed by atoms with Gasteiger partial charge in [-0.15, -0.1) is 24.0 Å². The quantitative estimate of drug-likeness (QED) is 0.293. The average Bonchev–Trinajstić information content (AvgIpc) is 2.56. The van der Waals surface area contributed by atoms with Crippen molar-refractivity contribution in [3.63, 3.8) is 0 Å². The largest absolute Gasteiger partial charge is 0.370 e. The Balaban J connectivity index is 0.00000288. The monoisotopic (exact) mass is 445 g/mol. The number of nitrogens with zero attached hydrogens (tertiary/aromatic N) is 3. The van der Waals surface area contributed by atoms with E-state index in [1.165, 1.54) is 44.7 Å². The van der Waals surface area contributed by atoms with Gasteiger partial charge in [-0.25, -0.2) is 0 Å². The van der Waals surface area contributed by atoms with Gasteiger partial charge in [0.25, 0.3) is 0 Å². The number of guanidine groups is 1. The molecule has 6 heteroatoms. The number of hydrogen-bond donors (Lipinski definition) is 2. The fraction of sp³-hybridized carbons (Fsp3) is 0.611. The van der Waals surface area contributed by atoms with Gasteiger partial charge in [0.2, 0.25) is 0 Å². The number of nitrogens with two attached hydrogens (primary N) is 1. The summed E-state index contributed by atoms with van der Waals surface area (Å²) >= 11 is 0. The second kappa shape index (κ2) is 11.7. The van der Waals surface area contributed by atoms with Gasteiger partial charge in [-0.2, -0.15) is 0 Å². The highest BCUT2D eigenvalue weighted by Crippen LogP contribution is 2.10. The maximum Gasteiger partial charge on any atom is 0.193 e. The molecule has 0 spiro atoms. The van der Waals surface area contributed by atoms with Crippen LogP contribution in [0.2, 0.25) is 0 Å². The van der Waals surface area contributed by atoms with Gasteiger partial charge in [-0.1, -0.05) is 19.1 Å². The van der Waals surface area contributed by atoms with Crippen LogP contribution < -0.4 is 11.1 Å². The molecule has 1 heterocycles.